The fourth-order valence-electron chi connectivity index (χ4n) is 4.48. The second-order valence-corrected chi connectivity index (χ2v) is 7.95. The molecule has 1 N–H and O–H groups in total. The first-order chi connectivity index (χ1) is 14.1. The quantitative estimate of drug-likeness (QED) is 0.735. The second kappa shape index (κ2) is 6.79. The highest BCUT2D eigenvalue weighted by Crippen LogP contribution is 2.52. The standard InChI is InChI=1S/C23H24FN3O2/c1-29-18-5-3-17(4-6-18)26-10-12-27(13-11-26)22(28)23(8-9-23)20-15-25-21-7-2-16(24)14-19(20)21/h2-7,14-15,25H,8-13H2,1H3. The van der Waals surface area contributed by atoms with Crippen molar-refractivity contribution in [2.24, 2.45) is 0 Å². The minimum atomic E-state index is -0.492. The lowest BCUT2D eigenvalue weighted by molar-refractivity contribution is -0.134. The van der Waals surface area contributed by atoms with Gasteiger partial charge in [0, 0.05) is 49.0 Å². The number of aromatic amines is 1. The number of ether oxygens (including phenoxy) is 1. The van der Waals surface area contributed by atoms with Crippen molar-refractivity contribution in [2.75, 3.05) is 38.2 Å². The molecule has 3 aromatic rings. The van der Waals surface area contributed by atoms with Gasteiger partial charge in [0.2, 0.25) is 5.91 Å². The Kier molecular flexibility index (Phi) is 4.23. The Morgan fingerprint density at radius 1 is 1.07 bits per heavy atom. The summed E-state index contributed by atoms with van der Waals surface area (Å²) in [6, 6.07) is 12.8. The third-order valence-corrected chi connectivity index (χ3v) is 6.32. The van der Waals surface area contributed by atoms with E-state index < -0.39 is 5.41 Å². The predicted molar refractivity (Wildman–Crippen MR) is 111 cm³/mol. The molecule has 2 heterocycles. The van der Waals surface area contributed by atoms with Crippen LogP contribution >= 0.6 is 0 Å². The molecule has 1 aliphatic carbocycles. The molecule has 29 heavy (non-hydrogen) atoms. The molecule has 0 spiro atoms. The number of piperazine rings is 1. The van der Waals surface area contributed by atoms with Gasteiger partial charge < -0.3 is 19.5 Å². The van der Waals surface area contributed by atoms with Crippen LogP contribution < -0.4 is 9.64 Å². The number of anilines is 1. The molecular weight excluding hydrogens is 369 g/mol. The Hall–Kier alpha value is -3.02. The van der Waals surface area contributed by atoms with E-state index in [2.05, 4.69) is 22.0 Å². The fraction of sp³-hybridized carbons (Fsp3) is 0.348. The van der Waals surface area contributed by atoms with E-state index in [1.54, 1.807) is 13.2 Å². The molecule has 0 atom stereocenters. The van der Waals surface area contributed by atoms with Crippen molar-refractivity contribution in [1.82, 2.24) is 9.88 Å². The summed E-state index contributed by atoms with van der Waals surface area (Å²) in [4.78, 5) is 20.9. The predicted octanol–water partition coefficient (Wildman–Crippen LogP) is 3.70. The Morgan fingerprint density at radius 3 is 2.45 bits per heavy atom. The number of fused-ring (bicyclic) bond motifs is 1. The first-order valence-electron chi connectivity index (χ1n) is 10.1. The van der Waals surface area contributed by atoms with Crippen molar-refractivity contribution >= 4 is 22.5 Å². The monoisotopic (exact) mass is 393 g/mol. The van der Waals surface area contributed by atoms with Gasteiger partial charge in [-0.2, -0.15) is 0 Å². The molecule has 1 aromatic heterocycles. The van der Waals surface area contributed by atoms with E-state index in [1.165, 1.54) is 12.1 Å². The van der Waals surface area contributed by atoms with Crippen LogP contribution in [-0.2, 0) is 10.2 Å². The van der Waals surface area contributed by atoms with Gasteiger partial charge in [0.15, 0.2) is 0 Å². The summed E-state index contributed by atoms with van der Waals surface area (Å²) in [5.41, 5.74) is 2.47. The Morgan fingerprint density at radius 2 is 1.79 bits per heavy atom. The van der Waals surface area contributed by atoms with E-state index >= 15 is 0 Å². The topological polar surface area (TPSA) is 48.6 Å². The molecule has 0 bridgehead atoms. The number of methoxy groups -OCH3 is 1. The number of rotatable bonds is 4. The van der Waals surface area contributed by atoms with Crippen molar-refractivity contribution in [3.05, 3.63) is 60.0 Å². The van der Waals surface area contributed by atoms with Crippen LogP contribution in [0.4, 0.5) is 10.1 Å². The Labute approximate surface area is 169 Å². The van der Waals surface area contributed by atoms with Crippen molar-refractivity contribution in [1.29, 1.82) is 0 Å². The van der Waals surface area contributed by atoms with Crippen LogP contribution in [0.15, 0.2) is 48.7 Å². The minimum Gasteiger partial charge on any atom is -0.497 e. The van der Waals surface area contributed by atoms with Gasteiger partial charge in [-0.25, -0.2) is 4.39 Å². The van der Waals surface area contributed by atoms with Crippen LogP contribution in [0.5, 0.6) is 5.75 Å². The number of amides is 1. The number of nitrogens with one attached hydrogen (secondary N) is 1. The molecule has 5 nitrogen and oxygen atoms in total. The fourth-order valence-corrected chi connectivity index (χ4v) is 4.48. The van der Waals surface area contributed by atoms with Gasteiger partial charge in [-0.3, -0.25) is 4.79 Å². The second-order valence-electron chi connectivity index (χ2n) is 7.95. The van der Waals surface area contributed by atoms with E-state index in [4.69, 9.17) is 4.74 Å². The number of H-pyrrole nitrogens is 1. The molecule has 0 radical (unpaired) electrons. The van der Waals surface area contributed by atoms with E-state index in [-0.39, 0.29) is 11.7 Å². The molecule has 1 saturated carbocycles. The van der Waals surface area contributed by atoms with E-state index in [0.29, 0.717) is 13.1 Å². The summed E-state index contributed by atoms with van der Waals surface area (Å²) in [5.74, 6) is 0.750. The molecule has 2 aliphatic rings. The van der Waals surface area contributed by atoms with Crippen LogP contribution in [0.1, 0.15) is 18.4 Å². The van der Waals surface area contributed by atoms with E-state index in [9.17, 15) is 9.18 Å². The number of hydrogen-bond donors (Lipinski definition) is 1. The molecular formula is C23H24FN3O2. The lowest BCUT2D eigenvalue weighted by atomic mass is 9.93. The molecule has 2 aromatic carbocycles. The molecule has 2 fully saturated rings. The van der Waals surface area contributed by atoms with Crippen molar-refractivity contribution < 1.29 is 13.9 Å². The minimum absolute atomic E-state index is 0.178. The summed E-state index contributed by atoms with van der Waals surface area (Å²) in [6.07, 6.45) is 3.55. The maximum Gasteiger partial charge on any atom is 0.233 e. The summed E-state index contributed by atoms with van der Waals surface area (Å²) < 4.78 is 19.0. The third-order valence-electron chi connectivity index (χ3n) is 6.32. The molecule has 6 heteroatoms. The number of carbonyl (C=O) groups excluding carboxylic acids is 1. The first kappa shape index (κ1) is 18.0. The maximum atomic E-state index is 13.8. The lowest BCUT2D eigenvalue weighted by Crippen LogP contribution is -2.51. The first-order valence-corrected chi connectivity index (χ1v) is 10.1. The highest BCUT2D eigenvalue weighted by Gasteiger charge is 2.54. The number of carbonyl (C=O) groups is 1. The highest BCUT2D eigenvalue weighted by atomic mass is 19.1. The number of nitrogens with zero attached hydrogens (tertiary/aromatic N) is 2. The molecule has 1 amide bonds. The Balaban J connectivity index is 1.32. The SMILES string of the molecule is COc1ccc(N2CCN(C(=O)C3(c4c[nH]c5ccc(F)cc45)CC3)CC2)cc1. The normalized spacial score (nSPS) is 18.1. The average molecular weight is 393 g/mol. The van der Waals surface area contributed by atoms with Crippen LogP contribution in [0.25, 0.3) is 10.9 Å². The number of benzene rings is 2. The summed E-state index contributed by atoms with van der Waals surface area (Å²) in [7, 11) is 1.66. The number of halogens is 1. The number of hydrogen-bond acceptors (Lipinski definition) is 3. The van der Waals surface area contributed by atoms with Gasteiger partial charge in [-0.05, 0) is 60.9 Å². The zero-order valence-electron chi connectivity index (χ0n) is 16.5. The van der Waals surface area contributed by atoms with Crippen LogP contribution in [0.3, 0.4) is 0 Å². The Bertz CT molecular complexity index is 1050. The largest absolute Gasteiger partial charge is 0.497 e. The van der Waals surface area contributed by atoms with Crippen LogP contribution in [0.2, 0.25) is 0 Å². The van der Waals surface area contributed by atoms with E-state index in [0.717, 1.165) is 53.8 Å². The molecule has 0 unspecified atom stereocenters. The number of aromatic nitrogens is 1. The van der Waals surface area contributed by atoms with Crippen molar-refractivity contribution in [2.45, 2.75) is 18.3 Å². The summed E-state index contributed by atoms with van der Waals surface area (Å²) in [5, 5.41) is 0.827. The van der Waals surface area contributed by atoms with Gasteiger partial charge in [0.25, 0.3) is 0 Å². The zero-order chi connectivity index (χ0) is 20.0. The zero-order valence-corrected chi connectivity index (χ0v) is 16.5. The van der Waals surface area contributed by atoms with Gasteiger partial charge >= 0.3 is 0 Å². The molecule has 1 saturated heterocycles. The van der Waals surface area contributed by atoms with Crippen molar-refractivity contribution in [3.8, 4) is 5.75 Å². The third kappa shape index (κ3) is 3.03. The van der Waals surface area contributed by atoms with E-state index in [1.807, 2.05) is 23.2 Å². The lowest BCUT2D eigenvalue weighted by Gasteiger charge is -2.37. The van der Waals surface area contributed by atoms with Gasteiger partial charge in [0.05, 0.1) is 12.5 Å². The maximum absolute atomic E-state index is 13.8. The van der Waals surface area contributed by atoms with Gasteiger partial charge in [0.1, 0.15) is 11.6 Å². The average Bonchev–Trinajstić information content (AvgIpc) is 3.46. The van der Waals surface area contributed by atoms with Crippen molar-refractivity contribution in [3.63, 3.8) is 0 Å². The van der Waals surface area contributed by atoms with Crippen LogP contribution in [-0.4, -0.2) is 49.1 Å². The molecule has 1 aliphatic heterocycles. The molecule has 5 rings (SSSR count). The summed E-state index contributed by atoms with van der Waals surface area (Å²) in [6.45, 7) is 3.00. The van der Waals surface area contributed by atoms with Gasteiger partial charge in [-0.1, -0.05) is 0 Å². The highest BCUT2D eigenvalue weighted by molar-refractivity contribution is 5.97. The summed E-state index contributed by atoms with van der Waals surface area (Å²) >= 11 is 0. The molecule has 150 valence electrons. The van der Waals surface area contributed by atoms with Crippen LogP contribution in [0, 0.1) is 5.82 Å². The smallest absolute Gasteiger partial charge is 0.233 e. The van der Waals surface area contributed by atoms with Gasteiger partial charge in [-0.15, -0.1) is 0 Å².